The smallest absolute Gasteiger partial charge is 0.298 e. The molecule has 0 aromatic heterocycles. The molecule has 0 radical (unpaired) electrons. The van der Waals surface area contributed by atoms with Crippen LogP contribution in [0, 0.1) is 10.1 Å². The number of hydrogen-bond donors (Lipinski definition) is 1. The molecule has 0 aliphatic carbocycles. The van der Waals surface area contributed by atoms with Crippen LogP contribution in [0.2, 0.25) is 0 Å². The molecule has 0 bridgehead atoms. The number of imide groups is 1. The third-order valence-electron chi connectivity index (χ3n) is 2.13. The number of rotatable bonds is 2. The normalized spacial score (nSPS) is 17.4. The van der Waals surface area contributed by atoms with E-state index in [-0.39, 0.29) is 10.7 Å². The summed E-state index contributed by atoms with van der Waals surface area (Å²) in [5, 5.41) is 11.5. The van der Waals surface area contributed by atoms with Crippen LogP contribution in [0.25, 0.3) is 6.08 Å². The van der Waals surface area contributed by atoms with E-state index in [0.29, 0.717) is 5.56 Å². The number of amides is 3. The van der Waals surface area contributed by atoms with Crippen molar-refractivity contribution in [2.45, 2.75) is 0 Å². The Morgan fingerprint density at radius 3 is 2.41 bits per heavy atom. The van der Waals surface area contributed by atoms with E-state index in [1.54, 1.807) is 30.3 Å². The van der Waals surface area contributed by atoms with Gasteiger partial charge in [0.2, 0.25) is 0 Å². The summed E-state index contributed by atoms with van der Waals surface area (Å²) in [6.45, 7) is 0. The number of hydrazine groups is 1. The first-order chi connectivity index (χ1) is 8.09. The number of carbonyl (C=O) groups is 2. The van der Waals surface area contributed by atoms with Gasteiger partial charge in [0.15, 0.2) is 5.03 Å². The fraction of sp³-hybridized carbons (Fsp3) is 0. The van der Waals surface area contributed by atoms with Crippen molar-refractivity contribution in [1.29, 1.82) is 0 Å². The van der Waals surface area contributed by atoms with Crippen molar-refractivity contribution in [2.24, 2.45) is 0 Å². The molecule has 7 nitrogen and oxygen atoms in total. The van der Waals surface area contributed by atoms with E-state index in [0.717, 1.165) is 0 Å². The molecule has 0 unspecified atom stereocenters. The maximum Gasteiger partial charge on any atom is 0.390 e. The average molecular weight is 233 g/mol. The number of benzene rings is 1. The van der Waals surface area contributed by atoms with Gasteiger partial charge >= 0.3 is 11.9 Å². The summed E-state index contributed by atoms with van der Waals surface area (Å²) in [5.74, 6) is -0.969. The zero-order valence-corrected chi connectivity index (χ0v) is 8.49. The first-order valence-electron chi connectivity index (χ1n) is 4.66. The molecule has 17 heavy (non-hydrogen) atoms. The lowest BCUT2D eigenvalue weighted by Crippen LogP contribution is -2.36. The van der Waals surface area contributed by atoms with Crippen LogP contribution in [-0.4, -0.2) is 22.0 Å². The molecule has 86 valence electrons. The van der Waals surface area contributed by atoms with Crippen molar-refractivity contribution in [3.8, 4) is 0 Å². The summed E-state index contributed by atoms with van der Waals surface area (Å²) >= 11 is 0. The van der Waals surface area contributed by atoms with Gasteiger partial charge in [-0.25, -0.2) is 14.9 Å². The van der Waals surface area contributed by atoms with Gasteiger partial charge < -0.3 is 0 Å². The first kappa shape index (κ1) is 10.8. The second-order valence-electron chi connectivity index (χ2n) is 3.25. The van der Waals surface area contributed by atoms with Crippen LogP contribution >= 0.6 is 0 Å². The van der Waals surface area contributed by atoms with E-state index < -0.39 is 17.0 Å². The van der Waals surface area contributed by atoms with Crippen LogP contribution in [0.3, 0.4) is 0 Å². The maximum absolute atomic E-state index is 11.5. The first-order valence-corrected chi connectivity index (χ1v) is 4.66. The van der Waals surface area contributed by atoms with Gasteiger partial charge in [-0.2, -0.15) is 0 Å². The summed E-state index contributed by atoms with van der Waals surface area (Å²) in [6, 6.07) is 7.66. The fourth-order valence-electron chi connectivity index (χ4n) is 1.39. The molecule has 2 rings (SSSR count). The number of hydrogen-bond acceptors (Lipinski definition) is 4. The molecule has 1 aromatic carbocycles. The second-order valence-corrected chi connectivity index (χ2v) is 3.25. The van der Waals surface area contributed by atoms with Crippen LogP contribution in [0.5, 0.6) is 0 Å². The van der Waals surface area contributed by atoms with Crippen molar-refractivity contribution in [3.63, 3.8) is 0 Å². The third kappa shape index (κ3) is 1.98. The zero-order valence-electron chi connectivity index (χ0n) is 8.49. The molecule has 1 heterocycles. The highest BCUT2D eigenvalue weighted by Gasteiger charge is 2.42. The van der Waals surface area contributed by atoms with E-state index in [9.17, 15) is 19.7 Å². The molecule has 1 N–H and O–H groups in total. The SMILES string of the molecule is O=C1NC(=Cc2ccccc2)C(=O)N1[N+](=O)[O-]. The average Bonchev–Trinajstić information content (AvgIpc) is 2.55. The van der Waals surface area contributed by atoms with Crippen molar-refractivity contribution < 1.29 is 14.6 Å². The quantitative estimate of drug-likeness (QED) is 0.353. The van der Waals surface area contributed by atoms with E-state index in [2.05, 4.69) is 5.32 Å². The molecule has 1 aliphatic rings. The summed E-state index contributed by atoms with van der Waals surface area (Å²) in [5.41, 5.74) is 0.555. The van der Waals surface area contributed by atoms with E-state index in [4.69, 9.17) is 0 Å². The van der Waals surface area contributed by atoms with Gasteiger partial charge in [0.25, 0.3) is 0 Å². The van der Waals surface area contributed by atoms with Crippen LogP contribution in [0.15, 0.2) is 36.0 Å². The molecule has 0 spiro atoms. The van der Waals surface area contributed by atoms with Crippen molar-refractivity contribution in [2.75, 3.05) is 0 Å². The molecule has 7 heteroatoms. The topological polar surface area (TPSA) is 92.6 Å². The van der Waals surface area contributed by atoms with E-state index >= 15 is 0 Å². The second kappa shape index (κ2) is 4.05. The third-order valence-corrected chi connectivity index (χ3v) is 2.13. The van der Waals surface area contributed by atoms with Gasteiger partial charge in [-0.15, -0.1) is 0 Å². The lowest BCUT2D eigenvalue weighted by atomic mass is 10.2. The van der Waals surface area contributed by atoms with Gasteiger partial charge in [0, 0.05) is 5.01 Å². The predicted octanol–water partition coefficient (Wildman–Crippen LogP) is 0.771. The Kier molecular flexibility index (Phi) is 2.57. The van der Waals surface area contributed by atoms with Gasteiger partial charge in [-0.05, 0) is 11.6 Å². The molecule has 1 saturated heterocycles. The lowest BCUT2D eigenvalue weighted by molar-refractivity contribution is -0.610. The monoisotopic (exact) mass is 233 g/mol. The molecule has 1 fully saturated rings. The zero-order chi connectivity index (χ0) is 12.4. The summed E-state index contributed by atoms with van der Waals surface area (Å²) in [7, 11) is 0. The van der Waals surface area contributed by atoms with Gasteiger partial charge in [0.1, 0.15) is 5.70 Å². The standard InChI is InChI=1S/C10H7N3O4/c14-9-8(6-7-4-2-1-3-5-7)11-10(15)12(9)13(16)17/h1-6H,(H,11,15). The predicted molar refractivity (Wildman–Crippen MR) is 56.8 cm³/mol. The molecule has 1 aromatic rings. The Bertz CT molecular complexity index is 524. The van der Waals surface area contributed by atoms with Gasteiger partial charge in [-0.3, -0.25) is 10.1 Å². The minimum Gasteiger partial charge on any atom is -0.298 e. The summed E-state index contributed by atoms with van der Waals surface area (Å²) < 4.78 is 0. The summed E-state index contributed by atoms with van der Waals surface area (Å²) in [6.07, 6.45) is 1.38. The lowest BCUT2D eigenvalue weighted by Gasteiger charge is -1.96. The van der Waals surface area contributed by atoms with Crippen LogP contribution in [-0.2, 0) is 4.79 Å². The minimum atomic E-state index is -1.05. The van der Waals surface area contributed by atoms with E-state index in [1.165, 1.54) is 6.08 Å². The van der Waals surface area contributed by atoms with Gasteiger partial charge in [-0.1, -0.05) is 30.3 Å². The van der Waals surface area contributed by atoms with Crippen LogP contribution < -0.4 is 5.32 Å². The molecular formula is C10H7N3O4. The molecule has 0 atom stereocenters. The number of nitrogens with one attached hydrogen (secondary N) is 1. The minimum absolute atomic E-state index is 0.0607. The Hall–Kier alpha value is -2.70. The van der Waals surface area contributed by atoms with Crippen molar-refractivity contribution in [3.05, 3.63) is 51.7 Å². The molecular weight excluding hydrogens is 226 g/mol. The van der Waals surface area contributed by atoms with Gasteiger partial charge in [0.05, 0.1) is 0 Å². The van der Waals surface area contributed by atoms with Crippen molar-refractivity contribution >= 4 is 18.0 Å². The van der Waals surface area contributed by atoms with E-state index in [1.807, 2.05) is 0 Å². The van der Waals surface area contributed by atoms with Crippen LogP contribution in [0.4, 0.5) is 4.79 Å². The van der Waals surface area contributed by atoms with Crippen molar-refractivity contribution in [1.82, 2.24) is 10.3 Å². The highest BCUT2D eigenvalue weighted by Crippen LogP contribution is 2.13. The Labute approximate surface area is 95.5 Å². The Balaban J connectivity index is 2.31. The fourth-order valence-corrected chi connectivity index (χ4v) is 1.39. The maximum atomic E-state index is 11.5. The molecule has 3 amide bonds. The number of nitro groups is 1. The highest BCUT2D eigenvalue weighted by atomic mass is 16.7. The number of nitrogens with zero attached hydrogens (tertiary/aromatic N) is 2. The Morgan fingerprint density at radius 2 is 1.88 bits per heavy atom. The molecule has 1 aliphatic heterocycles. The summed E-state index contributed by atoms with van der Waals surface area (Å²) in [4.78, 5) is 33.1. The highest BCUT2D eigenvalue weighted by molar-refractivity contribution is 6.12. The number of urea groups is 1. The van der Waals surface area contributed by atoms with Crippen LogP contribution in [0.1, 0.15) is 5.56 Å². The largest absolute Gasteiger partial charge is 0.390 e. The Morgan fingerprint density at radius 1 is 1.24 bits per heavy atom. The molecule has 0 saturated carbocycles. The number of carbonyl (C=O) groups excluding carboxylic acids is 2.